The predicted molar refractivity (Wildman–Crippen MR) is 205 cm³/mol. The lowest BCUT2D eigenvalue weighted by Crippen LogP contribution is -2.63. The Balaban J connectivity index is 5.51. The van der Waals surface area contributed by atoms with Crippen molar-refractivity contribution in [1.29, 1.82) is 0 Å². The summed E-state index contributed by atoms with van der Waals surface area (Å²) in [6.45, 7) is 5.66. The molecule has 324 valence electrons. The summed E-state index contributed by atoms with van der Waals surface area (Å²) in [5, 5.41) is 59.2. The lowest BCUT2D eigenvalue weighted by Gasteiger charge is -2.28. The highest BCUT2D eigenvalue weighted by Gasteiger charge is 2.35. The number of rotatable bonds is 24. The van der Waals surface area contributed by atoms with Gasteiger partial charge in [-0.3, -0.25) is 47.9 Å². The Hall–Kier alpha value is -4.76. The number of thiol groups is 2. The summed E-state index contributed by atoms with van der Waals surface area (Å²) in [4.78, 5) is 124. The maximum Gasteiger partial charge on any atom is 0.322 e. The number of hydrogen-bond donors (Lipinski definition) is 16. The first-order valence-electron chi connectivity index (χ1n) is 17.3. The molecule has 0 aromatic rings. The zero-order valence-corrected chi connectivity index (χ0v) is 33.8. The average Bonchev–Trinajstić information content (AvgIpc) is 3.13. The Morgan fingerprint density at radius 1 is 0.474 bits per heavy atom. The summed E-state index contributed by atoms with van der Waals surface area (Å²) in [7, 11) is 0. The van der Waals surface area contributed by atoms with Gasteiger partial charge in [-0.05, 0) is 41.5 Å². The molecule has 0 fully saturated rings. The van der Waals surface area contributed by atoms with E-state index in [1.807, 2.05) is 5.32 Å². The quantitative estimate of drug-likeness (QED) is 0.0401. The first kappa shape index (κ1) is 52.2. The molecule has 0 radical (unpaired) electrons. The van der Waals surface area contributed by atoms with E-state index in [9.17, 15) is 63.3 Å². The molecule has 0 aliphatic heterocycles. The standard InChI is InChI=1S/C31H54N10O14S2/c1-11(24(48)34-7-19(45)33-8-20(46)47)36-30(54)22(15(5)43)41-31(55)23(16(6)44)40-26(50)13(3)37-29(53)21(14(4)42)39-25(49)12(2)35-28(52)18(10-57)38-27(51)17(32)9-56/h11-18,21-23,42-44,56-57H,7-10,32H2,1-6H3,(H,33,45)(H,34,48)(H,35,52)(H,36,54)(H,37,53)(H,38,51)(H,39,49)(H,40,50)(H,41,55)(H,46,47)/t11-,12-,13-,14+,15+,16+,17-,18-,21-,22-,23-/m0/s1. The normalized spacial score (nSPS) is 16.7. The molecule has 15 N–H and O–H groups in total. The zero-order valence-electron chi connectivity index (χ0n) is 32.0. The van der Waals surface area contributed by atoms with E-state index < -0.39 is 139 Å². The number of hydrogen-bond acceptors (Lipinski definition) is 16. The van der Waals surface area contributed by atoms with E-state index in [1.165, 1.54) is 13.8 Å². The number of aliphatic carboxylic acids is 1. The zero-order chi connectivity index (χ0) is 44.3. The van der Waals surface area contributed by atoms with Crippen LogP contribution < -0.4 is 53.6 Å². The van der Waals surface area contributed by atoms with Crippen LogP contribution in [0.4, 0.5) is 0 Å². The second kappa shape index (κ2) is 25.5. The summed E-state index contributed by atoms with van der Waals surface area (Å²) in [6, 6.07) is -11.5. The van der Waals surface area contributed by atoms with E-state index in [1.54, 1.807) is 0 Å². The number of carboxylic acid groups (broad SMARTS) is 1. The van der Waals surface area contributed by atoms with Crippen LogP contribution in [0.1, 0.15) is 41.5 Å². The van der Waals surface area contributed by atoms with Crippen LogP contribution >= 0.6 is 25.3 Å². The number of carbonyl (C=O) groups is 10. The molecule has 24 nitrogen and oxygen atoms in total. The first-order valence-corrected chi connectivity index (χ1v) is 18.5. The van der Waals surface area contributed by atoms with Crippen LogP contribution in [-0.2, 0) is 47.9 Å². The summed E-state index contributed by atoms with van der Waals surface area (Å²) < 4.78 is 0. The van der Waals surface area contributed by atoms with Crippen LogP contribution in [0.2, 0.25) is 0 Å². The Morgan fingerprint density at radius 2 is 0.842 bits per heavy atom. The molecular formula is C31H54N10O14S2. The third-order valence-corrected chi connectivity index (χ3v) is 8.41. The maximum atomic E-state index is 13.1. The van der Waals surface area contributed by atoms with Crippen molar-refractivity contribution in [2.75, 3.05) is 24.6 Å². The highest BCUT2D eigenvalue weighted by atomic mass is 32.1. The van der Waals surface area contributed by atoms with Crippen molar-refractivity contribution in [3.8, 4) is 0 Å². The van der Waals surface area contributed by atoms with E-state index in [0.29, 0.717) is 0 Å². The molecule has 0 bridgehead atoms. The van der Waals surface area contributed by atoms with Crippen LogP contribution in [0.15, 0.2) is 0 Å². The second-order valence-electron chi connectivity index (χ2n) is 12.8. The number of aliphatic hydroxyl groups excluding tert-OH is 3. The predicted octanol–water partition coefficient (Wildman–Crippen LogP) is -7.91. The average molecular weight is 855 g/mol. The fraction of sp³-hybridized carbons (Fsp3) is 0.677. The van der Waals surface area contributed by atoms with Crippen molar-refractivity contribution < 1.29 is 68.4 Å². The van der Waals surface area contributed by atoms with Crippen molar-refractivity contribution in [2.45, 2.75) is 108 Å². The molecule has 57 heavy (non-hydrogen) atoms. The molecule has 9 amide bonds. The van der Waals surface area contributed by atoms with E-state index >= 15 is 0 Å². The van der Waals surface area contributed by atoms with Crippen molar-refractivity contribution in [1.82, 2.24) is 47.9 Å². The van der Waals surface area contributed by atoms with E-state index in [-0.39, 0.29) is 11.5 Å². The molecule has 0 spiro atoms. The lowest BCUT2D eigenvalue weighted by molar-refractivity contribution is -0.138. The van der Waals surface area contributed by atoms with Gasteiger partial charge in [0, 0.05) is 11.5 Å². The van der Waals surface area contributed by atoms with Crippen molar-refractivity contribution in [2.24, 2.45) is 5.73 Å². The SMILES string of the molecule is C[C@H](NC(=O)[C@H](CS)NC(=O)[C@@H](N)CS)C(=O)N[C@H](C(=O)N[C@@H](C)C(=O)N[C@H](C(=O)N[C@H](C(=O)N[C@@H](C)C(=O)NCC(=O)NCC(=O)O)[C@@H](C)O)[C@@H](C)O)[C@@H](C)O. The monoisotopic (exact) mass is 854 g/mol. The Morgan fingerprint density at radius 3 is 1.21 bits per heavy atom. The fourth-order valence-electron chi connectivity index (χ4n) is 4.25. The number of aliphatic hydroxyl groups is 3. The molecule has 0 aromatic carbocycles. The van der Waals surface area contributed by atoms with E-state index in [0.717, 1.165) is 27.7 Å². The minimum Gasteiger partial charge on any atom is -0.480 e. The topological polar surface area (TPSA) is 386 Å². The van der Waals surface area contributed by atoms with Gasteiger partial charge < -0.3 is 74.0 Å². The molecule has 0 aliphatic carbocycles. The smallest absolute Gasteiger partial charge is 0.322 e. The number of carbonyl (C=O) groups excluding carboxylic acids is 9. The number of nitrogens with two attached hydrogens (primary N) is 1. The lowest BCUT2D eigenvalue weighted by atomic mass is 10.1. The minimum absolute atomic E-state index is 0.00697. The van der Waals surface area contributed by atoms with Crippen molar-refractivity contribution in [3.05, 3.63) is 0 Å². The number of amides is 9. The van der Waals surface area contributed by atoms with Crippen molar-refractivity contribution >= 4 is 84.4 Å². The van der Waals surface area contributed by atoms with Gasteiger partial charge >= 0.3 is 5.97 Å². The van der Waals surface area contributed by atoms with Crippen LogP contribution in [0.5, 0.6) is 0 Å². The summed E-state index contributed by atoms with van der Waals surface area (Å²) in [5.41, 5.74) is 5.59. The van der Waals surface area contributed by atoms with Gasteiger partial charge in [0.05, 0.1) is 30.9 Å². The Bertz CT molecular complexity index is 1470. The van der Waals surface area contributed by atoms with Crippen LogP contribution in [-0.4, -0.2) is 171 Å². The molecule has 0 aliphatic rings. The van der Waals surface area contributed by atoms with Gasteiger partial charge in [-0.25, -0.2) is 0 Å². The van der Waals surface area contributed by atoms with Gasteiger partial charge in [0.15, 0.2) is 0 Å². The number of carboxylic acids is 1. The Kier molecular flexibility index (Phi) is 23.4. The summed E-state index contributed by atoms with van der Waals surface area (Å²) in [6.07, 6.45) is -4.76. The summed E-state index contributed by atoms with van der Waals surface area (Å²) >= 11 is 7.93. The molecule has 11 atom stereocenters. The Labute approximate surface area is 338 Å². The van der Waals surface area contributed by atoms with Gasteiger partial charge in [0.1, 0.15) is 48.8 Å². The minimum atomic E-state index is -1.79. The maximum absolute atomic E-state index is 13.1. The molecule has 0 saturated carbocycles. The van der Waals surface area contributed by atoms with Crippen LogP contribution in [0, 0.1) is 0 Å². The highest BCUT2D eigenvalue weighted by Crippen LogP contribution is 2.03. The number of nitrogens with one attached hydrogen (secondary N) is 9. The third kappa shape index (κ3) is 18.8. The van der Waals surface area contributed by atoms with Crippen LogP contribution in [0.25, 0.3) is 0 Å². The molecule has 0 aromatic heterocycles. The molecular weight excluding hydrogens is 801 g/mol. The van der Waals surface area contributed by atoms with Gasteiger partial charge in [-0.1, -0.05) is 0 Å². The highest BCUT2D eigenvalue weighted by molar-refractivity contribution is 7.80. The molecule has 0 heterocycles. The van der Waals surface area contributed by atoms with Gasteiger partial charge in [-0.2, -0.15) is 25.3 Å². The largest absolute Gasteiger partial charge is 0.480 e. The fourth-order valence-corrected chi connectivity index (χ4v) is 4.67. The second-order valence-corrected chi connectivity index (χ2v) is 13.5. The van der Waals surface area contributed by atoms with E-state index in [2.05, 4.69) is 67.8 Å². The van der Waals surface area contributed by atoms with E-state index in [4.69, 9.17) is 10.8 Å². The third-order valence-electron chi connectivity index (χ3n) is 7.65. The summed E-state index contributed by atoms with van der Waals surface area (Å²) in [5.74, 6) is -10.1. The van der Waals surface area contributed by atoms with Gasteiger partial charge in [0.25, 0.3) is 0 Å². The first-order chi connectivity index (χ1) is 26.4. The molecule has 0 saturated heterocycles. The van der Waals surface area contributed by atoms with Gasteiger partial charge in [-0.15, -0.1) is 0 Å². The van der Waals surface area contributed by atoms with Gasteiger partial charge in [0.2, 0.25) is 53.2 Å². The molecule has 0 rings (SSSR count). The van der Waals surface area contributed by atoms with Crippen molar-refractivity contribution in [3.63, 3.8) is 0 Å². The molecule has 0 unspecified atom stereocenters. The molecule has 26 heteroatoms. The van der Waals surface area contributed by atoms with Crippen LogP contribution in [0.3, 0.4) is 0 Å².